The molecule has 0 aromatic heterocycles. The Hall–Kier alpha value is -1.35. The van der Waals surface area contributed by atoms with Gasteiger partial charge in [0.2, 0.25) is 5.91 Å². The van der Waals surface area contributed by atoms with Crippen LogP contribution in [-0.2, 0) is 4.79 Å². The molecular formula is C17H26N2O. The highest BCUT2D eigenvalue weighted by molar-refractivity contribution is 5.92. The number of hydrogen-bond donors (Lipinski definition) is 1. The summed E-state index contributed by atoms with van der Waals surface area (Å²) >= 11 is 0. The van der Waals surface area contributed by atoms with Crippen molar-refractivity contribution in [2.45, 2.75) is 34.1 Å². The van der Waals surface area contributed by atoms with E-state index in [0.29, 0.717) is 18.4 Å². The third-order valence-electron chi connectivity index (χ3n) is 4.10. The van der Waals surface area contributed by atoms with Crippen molar-refractivity contribution in [3.8, 4) is 0 Å². The van der Waals surface area contributed by atoms with Gasteiger partial charge in [0.25, 0.3) is 0 Å². The standard InChI is InChI=1S/C17H26N2O/c1-12-7-13(2)10-19(9-12)11-17(20)18-16-6-5-14(3)15(4)8-16/h5-6,8,12-13H,7,9-11H2,1-4H3,(H,18,20)/t12-,13-/m1/s1. The fourth-order valence-electron chi connectivity index (χ4n) is 3.14. The quantitative estimate of drug-likeness (QED) is 0.918. The van der Waals surface area contributed by atoms with E-state index in [1.54, 1.807) is 0 Å². The zero-order chi connectivity index (χ0) is 14.7. The zero-order valence-corrected chi connectivity index (χ0v) is 13.1. The van der Waals surface area contributed by atoms with Crippen molar-refractivity contribution in [1.82, 2.24) is 4.90 Å². The number of nitrogens with zero attached hydrogens (tertiary/aromatic N) is 1. The van der Waals surface area contributed by atoms with E-state index in [4.69, 9.17) is 0 Å². The van der Waals surface area contributed by atoms with Gasteiger partial charge in [-0.25, -0.2) is 0 Å². The van der Waals surface area contributed by atoms with Crippen molar-refractivity contribution >= 4 is 11.6 Å². The third kappa shape index (κ3) is 4.07. The van der Waals surface area contributed by atoms with Gasteiger partial charge in [0.1, 0.15) is 0 Å². The number of anilines is 1. The molecule has 2 atom stereocenters. The molecule has 0 unspecified atom stereocenters. The van der Waals surface area contributed by atoms with Crippen LogP contribution in [0.3, 0.4) is 0 Å². The Kier molecular flexibility index (Phi) is 4.81. The largest absolute Gasteiger partial charge is 0.325 e. The molecule has 0 radical (unpaired) electrons. The number of likely N-dealkylation sites (tertiary alicyclic amines) is 1. The maximum atomic E-state index is 12.1. The molecule has 20 heavy (non-hydrogen) atoms. The Morgan fingerprint density at radius 3 is 2.45 bits per heavy atom. The first-order chi connectivity index (χ1) is 9.44. The van der Waals surface area contributed by atoms with Crippen molar-refractivity contribution in [3.63, 3.8) is 0 Å². The van der Waals surface area contributed by atoms with Gasteiger partial charge >= 0.3 is 0 Å². The van der Waals surface area contributed by atoms with Crippen molar-refractivity contribution in [3.05, 3.63) is 29.3 Å². The summed E-state index contributed by atoms with van der Waals surface area (Å²) in [4.78, 5) is 14.4. The Labute approximate surface area is 122 Å². The van der Waals surface area contributed by atoms with Gasteiger partial charge in [-0.1, -0.05) is 19.9 Å². The maximum absolute atomic E-state index is 12.1. The smallest absolute Gasteiger partial charge is 0.238 e. The summed E-state index contributed by atoms with van der Waals surface area (Å²) in [7, 11) is 0. The maximum Gasteiger partial charge on any atom is 0.238 e. The molecule has 0 saturated carbocycles. The lowest BCUT2D eigenvalue weighted by Crippen LogP contribution is -2.42. The SMILES string of the molecule is Cc1ccc(NC(=O)CN2C[C@H](C)C[C@@H](C)C2)cc1C. The van der Waals surface area contributed by atoms with Crippen LogP contribution in [0.25, 0.3) is 0 Å². The average molecular weight is 274 g/mol. The van der Waals surface area contributed by atoms with Gasteiger partial charge in [-0.2, -0.15) is 0 Å². The lowest BCUT2D eigenvalue weighted by molar-refractivity contribution is -0.117. The van der Waals surface area contributed by atoms with Crippen LogP contribution in [0.1, 0.15) is 31.4 Å². The highest BCUT2D eigenvalue weighted by Gasteiger charge is 2.23. The predicted octanol–water partition coefficient (Wildman–Crippen LogP) is 3.22. The minimum atomic E-state index is 0.0922. The molecule has 3 heteroatoms. The molecule has 1 heterocycles. The van der Waals surface area contributed by atoms with Crippen molar-refractivity contribution in [2.75, 3.05) is 25.0 Å². The Bertz CT molecular complexity index is 474. The number of aryl methyl sites for hydroxylation is 2. The van der Waals surface area contributed by atoms with Gasteiger partial charge in [0, 0.05) is 18.8 Å². The summed E-state index contributed by atoms with van der Waals surface area (Å²) in [6, 6.07) is 6.06. The van der Waals surface area contributed by atoms with Gasteiger partial charge in [0.05, 0.1) is 6.54 Å². The fraction of sp³-hybridized carbons (Fsp3) is 0.588. The summed E-state index contributed by atoms with van der Waals surface area (Å²) in [5.41, 5.74) is 3.36. The minimum Gasteiger partial charge on any atom is -0.325 e. The van der Waals surface area contributed by atoms with Crippen LogP contribution in [0.15, 0.2) is 18.2 Å². The number of rotatable bonds is 3. The Balaban J connectivity index is 1.90. The molecule has 1 aromatic rings. The molecule has 0 bridgehead atoms. The van der Waals surface area contributed by atoms with Crippen LogP contribution in [-0.4, -0.2) is 30.4 Å². The van der Waals surface area contributed by atoms with E-state index in [0.717, 1.165) is 18.8 Å². The number of carbonyl (C=O) groups is 1. The van der Waals surface area contributed by atoms with Crippen LogP contribution in [0, 0.1) is 25.7 Å². The van der Waals surface area contributed by atoms with Gasteiger partial charge in [-0.05, 0) is 55.4 Å². The van der Waals surface area contributed by atoms with E-state index in [2.05, 4.69) is 44.0 Å². The average Bonchev–Trinajstić information content (AvgIpc) is 2.32. The number of piperidine rings is 1. The first kappa shape index (κ1) is 15.0. The molecule has 1 aromatic carbocycles. The lowest BCUT2D eigenvalue weighted by Gasteiger charge is -2.34. The van der Waals surface area contributed by atoms with Gasteiger partial charge in [-0.3, -0.25) is 9.69 Å². The van der Waals surface area contributed by atoms with Crippen molar-refractivity contribution < 1.29 is 4.79 Å². The Morgan fingerprint density at radius 1 is 1.20 bits per heavy atom. The van der Waals surface area contributed by atoms with Gasteiger partial charge in [-0.15, -0.1) is 0 Å². The van der Waals surface area contributed by atoms with Gasteiger partial charge < -0.3 is 5.32 Å². The summed E-state index contributed by atoms with van der Waals surface area (Å²) in [6.07, 6.45) is 1.27. The second-order valence-corrected chi connectivity index (χ2v) is 6.49. The molecule has 1 amide bonds. The van der Waals surface area contributed by atoms with Crippen molar-refractivity contribution in [2.24, 2.45) is 11.8 Å². The molecule has 3 nitrogen and oxygen atoms in total. The molecule has 1 aliphatic heterocycles. The summed E-state index contributed by atoms with van der Waals surface area (Å²) in [5.74, 6) is 1.47. The topological polar surface area (TPSA) is 32.3 Å². The minimum absolute atomic E-state index is 0.0922. The summed E-state index contributed by atoms with van der Waals surface area (Å²) < 4.78 is 0. The third-order valence-corrected chi connectivity index (χ3v) is 4.10. The monoisotopic (exact) mass is 274 g/mol. The zero-order valence-electron chi connectivity index (χ0n) is 13.1. The Morgan fingerprint density at radius 2 is 1.85 bits per heavy atom. The molecule has 2 rings (SSSR count). The second kappa shape index (κ2) is 6.40. The molecule has 1 saturated heterocycles. The number of hydrogen-bond acceptors (Lipinski definition) is 2. The predicted molar refractivity (Wildman–Crippen MR) is 83.9 cm³/mol. The van der Waals surface area contributed by atoms with Crippen molar-refractivity contribution in [1.29, 1.82) is 0 Å². The lowest BCUT2D eigenvalue weighted by atomic mass is 9.92. The number of benzene rings is 1. The molecule has 0 spiro atoms. The first-order valence-corrected chi connectivity index (χ1v) is 7.53. The van der Waals surface area contributed by atoms with Crippen LogP contribution < -0.4 is 5.32 Å². The van der Waals surface area contributed by atoms with E-state index >= 15 is 0 Å². The molecule has 1 N–H and O–H groups in total. The molecule has 0 aliphatic carbocycles. The van der Waals surface area contributed by atoms with E-state index < -0.39 is 0 Å². The second-order valence-electron chi connectivity index (χ2n) is 6.49. The molecule has 110 valence electrons. The van der Waals surface area contributed by atoms with E-state index in [1.807, 2.05) is 12.1 Å². The van der Waals surface area contributed by atoms with E-state index in [-0.39, 0.29) is 5.91 Å². The summed E-state index contributed by atoms with van der Waals surface area (Å²) in [6.45, 7) is 11.3. The van der Waals surface area contributed by atoms with Crippen LogP contribution in [0.4, 0.5) is 5.69 Å². The summed E-state index contributed by atoms with van der Waals surface area (Å²) in [5, 5.41) is 3.01. The number of carbonyl (C=O) groups excluding carboxylic acids is 1. The normalized spacial score (nSPS) is 23.6. The highest BCUT2D eigenvalue weighted by atomic mass is 16.2. The van der Waals surface area contributed by atoms with E-state index in [9.17, 15) is 4.79 Å². The molecule has 1 fully saturated rings. The number of nitrogens with one attached hydrogen (secondary N) is 1. The number of amides is 1. The first-order valence-electron chi connectivity index (χ1n) is 7.53. The molecular weight excluding hydrogens is 248 g/mol. The fourth-order valence-corrected chi connectivity index (χ4v) is 3.14. The highest BCUT2D eigenvalue weighted by Crippen LogP contribution is 2.21. The van der Waals surface area contributed by atoms with Gasteiger partial charge in [0.15, 0.2) is 0 Å². The van der Waals surface area contributed by atoms with Crippen LogP contribution in [0.2, 0.25) is 0 Å². The van der Waals surface area contributed by atoms with Crippen LogP contribution >= 0.6 is 0 Å². The van der Waals surface area contributed by atoms with Crippen LogP contribution in [0.5, 0.6) is 0 Å². The van der Waals surface area contributed by atoms with E-state index in [1.165, 1.54) is 17.5 Å². The molecule has 1 aliphatic rings.